The largest absolute Gasteiger partial charge is 0.356 e. The molecule has 0 aromatic carbocycles. The number of amides is 1. The van der Waals surface area contributed by atoms with Gasteiger partial charge < -0.3 is 15.5 Å². The zero-order chi connectivity index (χ0) is 16.8. The highest BCUT2D eigenvalue weighted by atomic mass is 32.1. The van der Waals surface area contributed by atoms with Gasteiger partial charge in [0.05, 0.1) is 6.54 Å². The molecular formula is C16H28N4OS. The van der Waals surface area contributed by atoms with Crippen LogP contribution in [0.4, 0.5) is 0 Å². The SMILES string of the molecule is CN=C(NCC(C)c1cccs1)N(C)CC(=O)NC(C)(C)C. The van der Waals surface area contributed by atoms with E-state index in [9.17, 15) is 4.79 Å². The lowest BCUT2D eigenvalue weighted by molar-refractivity contribution is -0.122. The molecular weight excluding hydrogens is 296 g/mol. The van der Waals surface area contributed by atoms with Crippen molar-refractivity contribution < 1.29 is 4.79 Å². The van der Waals surface area contributed by atoms with Crippen LogP contribution in [0.25, 0.3) is 0 Å². The van der Waals surface area contributed by atoms with Crippen LogP contribution < -0.4 is 10.6 Å². The smallest absolute Gasteiger partial charge is 0.240 e. The maximum absolute atomic E-state index is 12.0. The van der Waals surface area contributed by atoms with E-state index in [1.54, 1.807) is 18.4 Å². The van der Waals surface area contributed by atoms with Gasteiger partial charge in [-0.15, -0.1) is 11.3 Å². The topological polar surface area (TPSA) is 56.7 Å². The number of likely N-dealkylation sites (N-methyl/N-ethyl adjacent to an activating group) is 1. The number of thiophene rings is 1. The fourth-order valence-corrected chi connectivity index (χ4v) is 2.84. The lowest BCUT2D eigenvalue weighted by Gasteiger charge is -2.26. The summed E-state index contributed by atoms with van der Waals surface area (Å²) in [4.78, 5) is 19.4. The normalized spacial score (nSPS) is 13.6. The summed E-state index contributed by atoms with van der Waals surface area (Å²) in [7, 11) is 3.60. The van der Waals surface area contributed by atoms with Gasteiger partial charge in [-0.2, -0.15) is 0 Å². The van der Waals surface area contributed by atoms with Crippen molar-refractivity contribution in [2.75, 3.05) is 27.2 Å². The van der Waals surface area contributed by atoms with Crippen LogP contribution in [0.5, 0.6) is 0 Å². The van der Waals surface area contributed by atoms with Crippen LogP contribution >= 0.6 is 11.3 Å². The molecule has 0 aliphatic carbocycles. The molecule has 0 aliphatic rings. The third-order valence-corrected chi connectivity index (χ3v) is 4.17. The van der Waals surface area contributed by atoms with Gasteiger partial charge in [0.25, 0.3) is 0 Å². The van der Waals surface area contributed by atoms with Crippen molar-refractivity contribution in [3.05, 3.63) is 22.4 Å². The number of carbonyl (C=O) groups is 1. The Morgan fingerprint density at radius 2 is 2.14 bits per heavy atom. The molecule has 0 fully saturated rings. The van der Waals surface area contributed by atoms with Crippen molar-refractivity contribution in [3.63, 3.8) is 0 Å². The van der Waals surface area contributed by atoms with Gasteiger partial charge in [0, 0.05) is 37.0 Å². The van der Waals surface area contributed by atoms with E-state index >= 15 is 0 Å². The molecule has 0 spiro atoms. The predicted molar refractivity (Wildman–Crippen MR) is 94.6 cm³/mol. The molecule has 1 heterocycles. The minimum absolute atomic E-state index is 0.00995. The summed E-state index contributed by atoms with van der Waals surface area (Å²) in [5.74, 6) is 1.13. The van der Waals surface area contributed by atoms with E-state index in [2.05, 4.69) is 40.1 Å². The maximum atomic E-state index is 12.0. The van der Waals surface area contributed by atoms with E-state index in [0.717, 1.165) is 12.5 Å². The minimum atomic E-state index is -0.220. The molecule has 124 valence electrons. The standard InChI is InChI=1S/C16H28N4OS/c1-12(13-8-7-9-22-13)10-18-15(17-5)20(6)11-14(21)19-16(2,3)4/h7-9,12H,10-11H2,1-6H3,(H,17,18)(H,19,21). The van der Waals surface area contributed by atoms with Crippen molar-refractivity contribution in [2.24, 2.45) is 4.99 Å². The summed E-state index contributed by atoms with van der Waals surface area (Å²) in [5.41, 5.74) is -0.220. The third kappa shape index (κ3) is 6.47. The summed E-state index contributed by atoms with van der Waals surface area (Å²) in [6.45, 7) is 9.17. The highest BCUT2D eigenvalue weighted by Gasteiger charge is 2.17. The first-order valence-electron chi connectivity index (χ1n) is 7.49. The Hall–Kier alpha value is -1.56. The first kappa shape index (κ1) is 18.5. The summed E-state index contributed by atoms with van der Waals surface area (Å²) in [6, 6.07) is 4.20. The van der Waals surface area contributed by atoms with Gasteiger partial charge in [0.15, 0.2) is 5.96 Å². The maximum Gasteiger partial charge on any atom is 0.240 e. The first-order valence-corrected chi connectivity index (χ1v) is 8.37. The lowest BCUT2D eigenvalue weighted by Crippen LogP contribution is -2.49. The van der Waals surface area contributed by atoms with Crippen LogP contribution in [0.3, 0.4) is 0 Å². The molecule has 6 heteroatoms. The number of nitrogens with zero attached hydrogens (tertiary/aromatic N) is 2. The van der Waals surface area contributed by atoms with Crippen LogP contribution in [-0.4, -0.2) is 49.5 Å². The van der Waals surface area contributed by atoms with Gasteiger partial charge in [0.2, 0.25) is 5.91 Å². The third-order valence-electron chi connectivity index (χ3n) is 3.06. The molecule has 0 bridgehead atoms. The highest BCUT2D eigenvalue weighted by molar-refractivity contribution is 7.10. The fraction of sp³-hybridized carbons (Fsp3) is 0.625. The Morgan fingerprint density at radius 3 is 2.64 bits per heavy atom. The summed E-state index contributed by atoms with van der Waals surface area (Å²) in [5, 5.41) is 8.37. The Labute approximate surface area is 137 Å². The van der Waals surface area contributed by atoms with E-state index in [4.69, 9.17) is 0 Å². The second kappa shape index (κ2) is 8.17. The quantitative estimate of drug-likeness (QED) is 0.645. The molecule has 1 amide bonds. The van der Waals surface area contributed by atoms with Gasteiger partial charge in [0.1, 0.15) is 0 Å². The van der Waals surface area contributed by atoms with Crippen molar-refractivity contribution in [2.45, 2.75) is 39.2 Å². The molecule has 1 atom stereocenters. The number of nitrogens with one attached hydrogen (secondary N) is 2. The number of carbonyl (C=O) groups excluding carboxylic acids is 1. The zero-order valence-corrected chi connectivity index (χ0v) is 15.3. The van der Waals surface area contributed by atoms with Crippen LogP contribution in [-0.2, 0) is 4.79 Å². The van der Waals surface area contributed by atoms with Crippen LogP contribution in [0, 0.1) is 0 Å². The number of aliphatic imine (C=N–C) groups is 1. The zero-order valence-electron chi connectivity index (χ0n) is 14.4. The van der Waals surface area contributed by atoms with Gasteiger partial charge in [-0.25, -0.2) is 0 Å². The Kier molecular flexibility index (Phi) is 6.87. The molecule has 0 saturated heterocycles. The molecule has 22 heavy (non-hydrogen) atoms. The van der Waals surface area contributed by atoms with Gasteiger partial charge in [-0.05, 0) is 32.2 Å². The Bertz CT molecular complexity index is 491. The summed E-state index contributed by atoms with van der Waals surface area (Å²) in [6.07, 6.45) is 0. The van der Waals surface area contributed by atoms with Crippen LogP contribution in [0.2, 0.25) is 0 Å². The van der Waals surface area contributed by atoms with Gasteiger partial charge in [-0.3, -0.25) is 9.79 Å². The lowest BCUT2D eigenvalue weighted by atomic mass is 10.1. The second-order valence-electron chi connectivity index (χ2n) is 6.50. The average molecular weight is 324 g/mol. The highest BCUT2D eigenvalue weighted by Crippen LogP contribution is 2.19. The molecule has 0 saturated carbocycles. The second-order valence-corrected chi connectivity index (χ2v) is 7.48. The summed E-state index contributed by atoms with van der Waals surface area (Å²) < 4.78 is 0. The number of hydrogen-bond acceptors (Lipinski definition) is 3. The van der Waals surface area contributed by atoms with Gasteiger partial charge >= 0.3 is 0 Å². The van der Waals surface area contributed by atoms with Crippen LogP contribution in [0.15, 0.2) is 22.5 Å². The molecule has 1 aromatic heterocycles. The molecule has 1 rings (SSSR count). The Balaban J connectivity index is 2.48. The Morgan fingerprint density at radius 1 is 1.45 bits per heavy atom. The molecule has 0 aliphatic heterocycles. The average Bonchev–Trinajstić information content (AvgIpc) is 2.90. The van der Waals surface area contributed by atoms with E-state index in [-0.39, 0.29) is 18.0 Å². The van der Waals surface area contributed by atoms with E-state index < -0.39 is 0 Å². The predicted octanol–water partition coefficient (Wildman–Crippen LogP) is 2.27. The van der Waals surface area contributed by atoms with E-state index in [0.29, 0.717) is 5.92 Å². The van der Waals surface area contributed by atoms with Gasteiger partial charge in [-0.1, -0.05) is 13.0 Å². The fourth-order valence-electron chi connectivity index (χ4n) is 2.05. The van der Waals surface area contributed by atoms with E-state index in [1.807, 2.05) is 32.7 Å². The number of rotatable bonds is 5. The molecule has 5 nitrogen and oxygen atoms in total. The van der Waals surface area contributed by atoms with Crippen molar-refractivity contribution in [3.8, 4) is 0 Å². The molecule has 1 aromatic rings. The van der Waals surface area contributed by atoms with Crippen molar-refractivity contribution in [1.29, 1.82) is 0 Å². The molecule has 0 radical (unpaired) electrons. The minimum Gasteiger partial charge on any atom is -0.356 e. The summed E-state index contributed by atoms with van der Waals surface area (Å²) >= 11 is 1.76. The monoisotopic (exact) mass is 324 g/mol. The van der Waals surface area contributed by atoms with Crippen molar-refractivity contribution >= 4 is 23.2 Å². The van der Waals surface area contributed by atoms with E-state index in [1.165, 1.54) is 4.88 Å². The number of guanidine groups is 1. The number of hydrogen-bond donors (Lipinski definition) is 2. The molecule has 2 N–H and O–H groups in total. The van der Waals surface area contributed by atoms with Crippen LogP contribution in [0.1, 0.15) is 38.5 Å². The molecule has 1 unspecified atom stereocenters. The van der Waals surface area contributed by atoms with Crippen molar-refractivity contribution in [1.82, 2.24) is 15.5 Å². The first-order chi connectivity index (χ1) is 10.2.